The maximum Gasteiger partial charge on any atom is 0.341 e. The highest BCUT2D eigenvalue weighted by atomic mass is 79.9. The van der Waals surface area contributed by atoms with E-state index in [1.807, 2.05) is 24.3 Å². The van der Waals surface area contributed by atoms with Crippen molar-refractivity contribution in [2.45, 2.75) is 6.10 Å². The lowest BCUT2D eigenvalue weighted by atomic mass is 9.98. The topological polar surface area (TPSA) is 61.8 Å². The Morgan fingerprint density at radius 3 is 2.29 bits per heavy atom. The zero-order valence-corrected chi connectivity index (χ0v) is 13.0. The molecule has 0 aromatic heterocycles. The summed E-state index contributed by atoms with van der Waals surface area (Å²) in [5, 5.41) is 0. The molecule has 0 N–H and O–H groups in total. The van der Waals surface area contributed by atoms with Gasteiger partial charge in [-0.25, -0.2) is 9.59 Å². The van der Waals surface area contributed by atoms with E-state index >= 15 is 0 Å². The van der Waals surface area contributed by atoms with Gasteiger partial charge in [0.2, 0.25) is 0 Å². The van der Waals surface area contributed by atoms with Crippen LogP contribution < -0.4 is 0 Å². The molecule has 1 aromatic carbocycles. The van der Waals surface area contributed by atoms with Crippen molar-refractivity contribution in [2.75, 3.05) is 14.2 Å². The third-order valence-corrected chi connectivity index (χ3v) is 3.47. The lowest BCUT2D eigenvalue weighted by Crippen LogP contribution is -2.20. The molecule has 1 atom stereocenters. The third-order valence-electron chi connectivity index (χ3n) is 2.94. The summed E-state index contributed by atoms with van der Waals surface area (Å²) in [6.45, 7) is 0. The molecule has 110 valence electrons. The minimum Gasteiger partial charge on any atom is -0.487 e. The number of halogens is 1. The van der Waals surface area contributed by atoms with Crippen LogP contribution in [0.1, 0.15) is 11.7 Å². The summed E-state index contributed by atoms with van der Waals surface area (Å²) in [6, 6.07) is 7.32. The molecular weight excluding hydrogens is 340 g/mol. The van der Waals surface area contributed by atoms with Crippen molar-refractivity contribution in [3.63, 3.8) is 0 Å². The van der Waals surface area contributed by atoms with E-state index in [1.165, 1.54) is 26.6 Å². The Bertz CT molecular complexity index is 615. The summed E-state index contributed by atoms with van der Waals surface area (Å²) in [6.07, 6.45) is 2.08. The van der Waals surface area contributed by atoms with Gasteiger partial charge in [0.05, 0.1) is 31.6 Å². The van der Waals surface area contributed by atoms with E-state index < -0.39 is 18.0 Å². The first kappa shape index (κ1) is 15.3. The van der Waals surface area contributed by atoms with E-state index in [9.17, 15) is 9.59 Å². The van der Waals surface area contributed by atoms with Crippen molar-refractivity contribution in [3.8, 4) is 0 Å². The molecule has 21 heavy (non-hydrogen) atoms. The van der Waals surface area contributed by atoms with Gasteiger partial charge in [-0.1, -0.05) is 28.1 Å². The average Bonchev–Trinajstić information content (AvgIpc) is 2.53. The highest BCUT2D eigenvalue weighted by molar-refractivity contribution is 9.10. The molecule has 5 nitrogen and oxygen atoms in total. The van der Waals surface area contributed by atoms with Crippen molar-refractivity contribution in [1.29, 1.82) is 0 Å². The minimum absolute atomic E-state index is 0.159. The molecule has 0 aliphatic carbocycles. The monoisotopic (exact) mass is 352 g/mol. The molecule has 0 saturated heterocycles. The number of benzene rings is 1. The first-order valence-electron chi connectivity index (χ1n) is 6.06. The van der Waals surface area contributed by atoms with Gasteiger partial charge in [0.1, 0.15) is 0 Å². The predicted octanol–water partition coefficient (Wildman–Crippen LogP) is 2.68. The molecule has 0 fully saturated rings. The number of ether oxygens (including phenoxy) is 3. The fraction of sp³-hybridized carbons (Fsp3) is 0.200. The van der Waals surface area contributed by atoms with E-state index in [0.717, 1.165) is 10.0 Å². The van der Waals surface area contributed by atoms with Crippen LogP contribution >= 0.6 is 15.9 Å². The molecule has 0 radical (unpaired) electrons. The molecule has 1 aliphatic rings. The van der Waals surface area contributed by atoms with Gasteiger partial charge in [0.15, 0.2) is 6.10 Å². The highest BCUT2D eigenvalue weighted by Gasteiger charge is 2.29. The Hall–Kier alpha value is -2.08. The highest BCUT2D eigenvalue weighted by Crippen LogP contribution is 2.32. The van der Waals surface area contributed by atoms with Gasteiger partial charge in [0, 0.05) is 4.47 Å². The zero-order chi connectivity index (χ0) is 15.4. The molecule has 0 bridgehead atoms. The van der Waals surface area contributed by atoms with E-state index in [0.29, 0.717) is 0 Å². The van der Waals surface area contributed by atoms with Gasteiger partial charge >= 0.3 is 11.9 Å². The fourth-order valence-electron chi connectivity index (χ4n) is 1.90. The van der Waals surface area contributed by atoms with E-state index in [1.54, 1.807) is 0 Å². The third kappa shape index (κ3) is 3.33. The molecule has 1 heterocycles. The van der Waals surface area contributed by atoms with Crippen LogP contribution in [0.3, 0.4) is 0 Å². The smallest absolute Gasteiger partial charge is 0.341 e. The number of esters is 2. The van der Waals surface area contributed by atoms with Crippen molar-refractivity contribution in [2.24, 2.45) is 0 Å². The summed E-state index contributed by atoms with van der Waals surface area (Å²) >= 11 is 3.34. The standard InChI is InChI=1S/C15H13BrO5/c1-19-14(17)10-7-12(15(18)20-2)13(21-8-10)9-3-5-11(16)6-4-9/h3-8,13H,1-2H3. The summed E-state index contributed by atoms with van der Waals surface area (Å²) in [5.74, 6) is -1.14. The second-order valence-electron chi connectivity index (χ2n) is 4.22. The van der Waals surface area contributed by atoms with Gasteiger partial charge < -0.3 is 14.2 Å². The Morgan fingerprint density at radius 2 is 1.71 bits per heavy atom. The molecule has 1 aliphatic heterocycles. The van der Waals surface area contributed by atoms with Crippen LogP contribution in [0.15, 0.2) is 52.2 Å². The molecule has 0 spiro atoms. The van der Waals surface area contributed by atoms with Crippen LogP contribution in [0.2, 0.25) is 0 Å². The first-order chi connectivity index (χ1) is 10.1. The molecule has 0 saturated carbocycles. The second-order valence-corrected chi connectivity index (χ2v) is 5.14. The summed E-state index contributed by atoms with van der Waals surface area (Å²) in [7, 11) is 2.54. The van der Waals surface area contributed by atoms with Crippen LogP contribution in [0.25, 0.3) is 0 Å². The number of rotatable bonds is 3. The minimum atomic E-state index is -0.626. The Balaban J connectivity index is 2.37. The summed E-state index contributed by atoms with van der Waals surface area (Å²) in [4.78, 5) is 23.5. The quantitative estimate of drug-likeness (QED) is 0.782. The number of methoxy groups -OCH3 is 2. The zero-order valence-electron chi connectivity index (χ0n) is 11.5. The first-order valence-corrected chi connectivity index (χ1v) is 6.85. The SMILES string of the molecule is COC(=O)C1=COC(c2ccc(Br)cc2)C(C(=O)OC)=C1. The van der Waals surface area contributed by atoms with Crippen LogP contribution in [0, 0.1) is 0 Å². The van der Waals surface area contributed by atoms with Gasteiger partial charge in [-0.2, -0.15) is 0 Å². The Morgan fingerprint density at radius 1 is 1.10 bits per heavy atom. The summed E-state index contributed by atoms with van der Waals surface area (Å²) in [5.41, 5.74) is 1.17. The number of hydrogen-bond donors (Lipinski definition) is 0. The molecule has 1 unspecified atom stereocenters. The Labute approximate surface area is 130 Å². The van der Waals surface area contributed by atoms with E-state index in [-0.39, 0.29) is 11.1 Å². The largest absolute Gasteiger partial charge is 0.487 e. The van der Waals surface area contributed by atoms with E-state index in [4.69, 9.17) is 9.47 Å². The number of hydrogen-bond acceptors (Lipinski definition) is 5. The van der Waals surface area contributed by atoms with Crippen molar-refractivity contribution in [1.82, 2.24) is 0 Å². The molecule has 0 amide bonds. The second kappa shape index (κ2) is 6.58. The molecule has 2 rings (SSSR count). The maximum atomic E-state index is 11.9. The van der Waals surface area contributed by atoms with Crippen molar-refractivity contribution in [3.05, 3.63) is 57.8 Å². The van der Waals surface area contributed by atoms with Crippen LogP contribution in [0.5, 0.6) is 0 Å². The predicted molar refractivity (Wildman–Crippen MR) is 78.2 cm³/mol. The lowest BCUT2D eigenvalue weighted by Gasteiger charge is -2.23. The van der Waals surface area contributed by atoms with Crippen molar-refractivity contribution < 1.29 is 23.8 Å². The van der Waals surface area contributed by atoms with E-state index in [2.05, 4.69) is 20.7 Å². The molecule has 6 heteroatoms. The maximum absolute atomic E-state index is 11.9. The lowest BCUT2D eigenvalue weighted by molar-refractivity contribution is -0.137. The Kier molecular flexibility index (Phi) is 4.80. The number of carbonyl (C=O) groups excluding carboxylic acids is 2. The van der Waals surface area contributed by atoms with Gasteiger partial charge in [-0.3, -0.25) is 0 Å². The normalized spacial score (nSPS) is 17.2. The van der Waals surface area contributed by atoms with Gasteiger partial charge in [-0.15, -0.1) is 0 Å². The van der Waals surface area contributed by atoms with Crippen molar-refractivity contribution >= 4 is 27.9 Å². The molecular formula is C15H13BrO5. The average molecular weight is 353 g/mol. The van der Waals surface area contributed by atoms with Crippen LogP contribution in [-0.2, 0) is 23.8 Å². The van der Waals surface area contributed by atoms with Gasteiger partial charge in [0.25, 0.3) is 0 Å². The number of carbonyl (C=O) groups is 2. The van der Waals surface area contributed by atoms with Crippen LogP contribution in [-0.4, -0.2) is 26.2 Å². The van der Waals surface area contributed by atoms with Gasteiger partial charge in [-0.05, 0) is 23.8 Å². The molecule has 1 aromatic rings. The van der Waals surface area contributed by atoms with Crippen LogP contribution in [0.4, 0.5) is 0 Å². The fourth-order valence-corrected chi connectivity index (χ4v) is 2.16. The summed E-state index contributed by atoms with van der Waals surface area (Å²) < 4.78 is 15.8.